The first-order chi connectivity index (χ1) is 30.2. The van der Waals surface area contributed by atoms with Gasteiger partial charge < -0.3 is 14.2 Å². The van der Waals surface area contributed by atoms with Crippen molar-refractivity contribution in [1.82, 2.24) is 54.2 Å². The molecule has 1 saturated heterocycles. The molecule has 2 fully saturated rings. The molecule has 1 amide bonds. The standard InChI is InChI=1S/C47H48FN11O4/c1-25-16-34(17-26(2)41(25)48)59-42(36-24-57(54-51-36)33-9-11-37-32(19-33)23-49-55(37)7)40-28(4)56(14-12-35(40)52-59)43(60)39-20-31-18-29(30-13-15-62-46(5,6)22-30)8-10-38(31)58(39)47(21-27(47)3)44-50-45(61)63-53-44/h8-11,16-20,23-24,27-28,30H,12-15,21-22H2,1-7H3,(H,50,53,61)/t27-,28-,30-,47-/m0/s1. The van der Waals surface area contributed by atoms with E-state index in [1.54, 1.807) is 30.7 Å². The molecule has 1 saturated carbocycles. The number of rotatable bonds is 7. The molecule has 15 nitrogen and oxygen atoms in total. The van der Waals surface area contributed by atoms with Crippen LogP contribution in [0.3, 0.4) is 0 Å². The van der Waals surface area contributed by atoms with E-state index in [2.05, 4.69) is 64.0 Å². The molecule has 2 aliphatic heterocycles. The fourth-order valence-electron chi connectivity index (χ4n) is 10.5. The minimum absolute atomic E-state index is 0.0516. The van der Waals surface area contributed by atoms with E-state index in [0.717, 1.165) is 51.6 Å². The highest BCUT2D eigenvalue weighted by Crippen LogP contribution is 2.56. The molecule has 1 N–H and O–H groups in total. The van der Waals surface area contributed by atoms with Crippen LogP contribution in [-0.4, -0.2) is 78.8 Å². The van der Waals surface area contributed by atoms with Crippen molar-refractivity contribution >= 4 is 27.7 Å². The summed E-state index contributed by atoms with van der Waals surface area (Å²) in [6.45, 7) is 13.0. The lowest BCUT2D eigenvalue weighted by atomic mass is 9.83. The molecule has 63 heavy (non-hydrogen) atoms. The molecule has 0 spiro atoms. The molecule has 5 aromatic heterocycles. The Balaban J connectivity index is 1.04. The van der Waals surface area contributed by atoms with Gasteiger partial charge in [0.15, 0.2) is 5.82 Å². The molecule has 16 heteroatoms. The number of amides is 1. The number of aromatic nitrogens is 10. The summed E-state index contributed by atoms with van der Waals surface area (Å²) in [5.74, 6) is -0.314. The lowest BCUT2D eigenvalue weighted by Gasteiger charge is -2.35. The van der Waals surface area contributed by atoms with Crippen LogP contribution in [0.4, 0.5) is 4.39 Å². The SMILES string of the molecule is Cc1cc(-n2nc3c(c2-c2cn(-c4ccc5c(cnn5C)c4)nn2)[C@H](C)N(C(=O)c2cc4cc([C@H]5CCOC(C)(C)C5)ccc4n2[C@@]2(c4noc(=O)[nH]4)C[C@@H]2C)CC3)cc(C)c1F. The van der Waals surface area contributed by atoms with Crippen LogP contribution < -0.4 is 5.76 Å². The van der Waals surface area contributed by atoms with E-state index in [1.807, 2.05) is 64.9 Å². The number of H-pyrrole nitrogens is 1. The third-order valence-electron chi connectivity index (χ3n) is 13.9. The van der Waals surface area contributed by atoms with Gasteiger partial charge >= 0.3 is 5.76 Å². The third-order valence-corrected chi connectivity index (χ3v) is 13.9. The number of ether oxygens (including phenoxy) is 1. The molecule has 322 valence electrons. The molecule has 0 unspecified atom stereocenters. The number of carbonyl (C=O) groups excluding carboxylic acids is 1. The normalized spacial score (nSPS) is 22.0. The maximum atomic E-state index is 15.5. The maximum Gasteiger partial charge on any atom is 0.438 e. The van der Waals surface area contributed by atoms with Crippen molar-refractivity contribution < 1.29 is 18.4 Å². The summed E-state index contributed by atoms with van der Waals surface area (Å²) < 4.78 is 33.7. The number of nitrogens with one attached hydrogen (secondary N) is 1. The van der Waals surface area contributed by atoms with Gasteiger partial charge in [-0.05, 0) is 131 Å². The van der Waals surface area contributed by atoms with Gasteiger partial charge in [0, 0.05) is 48.5 Å². The van der Waals surface area contributed by atoms with E-state index in [4.69, 9.17) is 19.5 Å². The van der Waals surface area contributed by atoms with Gasteiger partial charge in [-0.25, -0.2) is 18.5 Å². The second-order valence-electron chi connectivity index (χ2n) is 18.5. The quantitative estimate of drug-likeness (QED) is 0.170. The Hall–Kier alpha value is -6.68. The van der Waals surface area contributed by atoms with Gasteiger partial charge in [0.05, 0.1) is 46.6 Å². The number of fused-ring (bicyclic) bond motifs is 3. The number of aromatic amines is 1. The first-order valence-electron chi connectivity index (χ1n) is 21.6. The average molecular weight is 850 g/mol. The zero-order chi connectivity index (χ0) is 43.7. The van der Waals surface area contributed by atoms with Crippen molar-refractivity contribution in [2.24, 2.45) is 13.0 Å². The molecule has 4 atom stereocenters. The van der Waals surface area contributed by atoms with E-state index in [-0.39, 0.29) is 23.2 Å². The zero-order valence-electron chi connectivity index (χ0n) is 36.3. The van der Waals surface area contributed by atoms with E-state index in [9.17, 15) is 4.79 Å². The van der Waals surface area contributed by atoms with Crippen LogP contribution in [0.5, 0.6) is 0 Å². The van der Waals surface area contributed by atoms with Crippen LogP contribution >= 0.6 is 0 Å². The van der Waals surface area contributed by atoms with E-state index >= 15 is 9.18 Å². The Kier molecular flexibility index (Phi) is 8.65. The van der Waals surface area contributed by atoms with Gasteiger partial charge in [-0.2, -0.15) is 10.2 Å². The lowest BCUT2D eigenvalue weighted by Crippen LogP contribution is -2.41. The van der Waals surface area contributed by atoms with Crippen molar-refractivity contribution in [3.63, 3.8) is 0 Å². The van der Waals surface area contributed by atoms with Crippen molar-refractivity contribution in [1.29, 1.82) is 0 Å². The number of halogens is 1. The van der Waals surface area contributed by atoms with Crippen LogP contribution in [0.15, 0.2) is 76.3 Å². The lowest BCUT2D eigenvalue weighted by molar-refractivity contribution is -0.0592. The Morgan fingerprint density at radius 2 is 1.75 bits per heavy atom. The second-order valence-corrected chi connectivity index (χ2v) is 18.5. The highest BCUT2D eigenvalue weighted by atomic mass is 19.1. The van der Waals surface area contributed by atoms with Gasteiger partial charge in [0.1, 0.15) is 28.4 Å². The van der Waals surface area contributed by atoms with Crippen LogP contribution in [-0.2, 0) is 23.7 Å². The van der Waals surface area contributed by atoms with Gasteiger partial charge in [-0.15, -0.1) is 5.10 Å². The van der Waals surface area contributed by atoms with Crippen LogP contribution in [0.2, 0.25) is 0 Å². The fourth-order valence-corrected chi connectivity index (χ4v) is 10.5. The van der Waals surface area contributed by atoms with Gasteiger partial charge in [-0.3, -0.25) is 19.0 Å². The average Bonchev–Trinajstić information content (AvgIpc) is 3.93. The van der Waals surface area contributed by atoms with Crippen LogP contribution in [0.25, 0.3) is 44.6 Å². The van der Waals surface area contributed by atoms with Crippen molar-refractivity contribution in [2.45, 2.75) is 90.3 Å². The largest absolute Gasteiger partial charge is 0.438 e. The van der Waals surface area contributed by atoms with Crippen LogP contribution in [0.1, 0.15) is 103 Å². The number of nitrogens with zero attached hydrogens (tertiary/aromatic N) is 10. The third kappa shape index (κ3) is 6.12. The summed E-state index contributed by atoms with van der Waals surface area (Å²) >= 11 is 0. The Morgan fingerprint density at radius 3 is 2.48 bits per heavy atom. The predicted molar refractivity (Wildman–Crippen MR) is 233 cm³/mol. The first-order valence-corrected chi connectivity index (χ1v) is 21.6. The molecule has 8 aromatic rings. The second kappa shape index (κ2) is 13.9. The smallest absolute Gasteiger partial charge is 0.376 e. The summed E-state index contributed by atoms with van der Waals surface area (Å²) in [7, 11) is 1.90. The molecule has 0 radical (unpaired) electrons. The molecule has 1 aliphatic carbocycles. The molecule has 11 rings (SSSR count). The van der Waals surface area contributed by atoms with Crippen molar-refractivity contribution in [3.05, 3.63) is 123 Å². The Morgan fingerprint density at radius 1 is 0.968 bits per heavy atom. The minimum atomic E-state index is -0.795. The van der Waals surface area contributed by atoms with Crippen molar-refractivity contribution in [2.75, 3.05) is 13.2 Å². The summed E-state index contributed by atoms with van der Waals surface area (Å²) in [5, 5.41) is 25.0. The summed E-state index contributed by atoms with van der Waals surface area (Å²) in [6, 6.07) is 17.6. The van der Waals surface area contributed by atoms with Gasteiger partial charge in [0.2, 0.25) is 0 Å². The molecule has 0 bridgehead atoms. The van der Waals surface area contributed by atoms with Gasteiger partial charge in [0.25, 0.3) is 5.91 Å². The first kappa shape index (κ1) is 39.2. The highest BCUT2D eigenvalue weighted by Gasteiger charge is 2.59. The molecule has 7 heterocycles. The molecule has 3 aromatic carbocycles. The monoisotopic (exact) mass is 849 g/mol. The fraction of sp³-hybridized carbons (Fsp3) is 0.383. The number of hydrogen-bond donors (Lipinski definition) is 1. The van der Waals surface area contributed by atoms with E-state index in [1.165, 1.54) is 5.56 Å². The predicted octanol–water partition coefficient (Wildman–Crippen LogP) is 7.61. The van der Waals surface area contributed by atoms with E-state index < -0.39 is 17.3 Å². The van der Waals surface area contributed by atoms with Gasteiger partial charge in [-0.1, -0.05) is 23.4 Å². The Labute approximate surface area is 361 Å². The topological polar surface area (TPSA) is 160 Å². The number of hydrogen-bond acceptors (Lipinski definition) is 9. The number of carbonyl (C=O) groups is 1. The number of aryl methyl sites for hydroxylation is 3. The Bertz CT molecular complexity index is 3200. The minimum Gasteiger partial charge on any atom is -0.376 e. The molecular weight excluding hydrogens is 802 g/mol. The highest BCUT2D eigenvalue weighted by molar-refractivity contribution is 6.00. The molecule has 3 aliphatic rings. The summed E-state index contributed by atoms with van der Waals surface area (Å²) in [6.07, 6.45) is 6.62. The van der Waals surface area contributed by atoms with Crippen molar-refractivity contribution in [3.8, 4) is 22.8 Å². The maximum absolute atomic E-state index is 15.5. The summed E-state index contributed by atoms with van der Waals surface area (Å²) in [4.78, 5) is 32.7. The number of benzene rings is 3. The molecular formula is C47H48FN11O4. The van der Waals surface area contributed by atoms with E-state index in [0.29, 0.717) is 71.6 Å². The summed E-state index contributed by atoms with van der Waals surface area (Å²) in [5.41, 5.74) is 7.91. The zero-order valence-corrected chi connectivity index (χ0v) is 36.3. The van der Waals surface area contributed by atoms with Crippen LogP contribution in [0, 0.1) is 25.6 Å².